The fraction of sp³-hybridized carbons (Fsp3) is 0.192. The van der Waals surface area contributed by atoms with E-state index in [1.54, 1.807) is 11.8 Å². The lowest BCUT2D eigenvalue weighted by Gasteiger charge is -2.29. The highest BCUT2D eigenvalue weighted by molar-refractivity contribution is 7.79. The Bertz CT molecular complexity index is 2210. The fourth-order valence-electron chi connectivity index (χ4n) is 6.94. The van der Waals surface area contributed by atoms with Gasteiger partial charge in [0.2, 0.25) is 0 Å². The molecule has 4 nitrogen and oxygen atoms in total. The molecule has 2 heterocycles. The molecule has 1 aromatic heterocycles. The van der Waals surface area contributed by atoms with Crippen molar-refractivity contribution in [3.05, 3.63) is 205 Å². The normalized spacial score (nSPS) is 12.7. The molecule has 0 saturated carbocycles. The van der Waals surface area contributed by atoms with Gasteiger partial charge in [-0.15, -0.1) is 0 Å². The van der Waals surface area contributed by atoms with Crippen LogP contribution in [-0.4, -0.2) is 24.9 Å². The van der Waals surface area contributed by atoms with Gasteiger partial charge in [0.1, 0.15) is 5.82 Å². The molecule has 4 N–H and O–H groups in total. The van der Waals surface area contributed by atoms with Crippen LogP contribution in [0.5, 0.6) is 0 Å². The van der Waals surface area contributed by atoms with Gasteiger partial charge in [0.15, 0.2) is 0 Å². The van der Waals surface area contributed by atoms with Gasteiger partial charge in [0, 0.05) is 42.0 Å². The Hall–Kier alpha value is -5.75. The molecule has 5 heteroatoms. The van der Waals surface area contributed by atoms with Crippen molar-refractivity contribution in [3.8, 4) is 11.1 Å². The highest BCUT2D eigenvalue weighted by Gasteiger charge is 2.27. The number of para-hydroxylation sites is 3. The second-order valence-electron chi connectivity index (χ2n) is 13.2. The quantitative estimate of drug-likeness (QED) is 0.121. The molecule has 2 aliphatic carbocycles. The van der Waals surface area contributed by atoms with Crippen LogP contribution in [0.25, 0.3) is 27.6 Å². The summed E-state index contributed by atoms with van der Waals surface area (Å²) in [6, 6.07) is 45.9. The van der Waals surface area contributed by atoms with Crippen LogP contribution in [-0.2, 0) is 13.5 Å². The highest BCUT2D eigenvalue weighted by Crippen LogP contribution is 2.48. The first-order valence-electron chi connectivity index (χ1n) is 19.2. The molecule has 0 spiro atoms. The van der Waals surface area contributed by atoms with Gasteiger partial charge in [-0.3, -0.25) is 0 Å². The number of thiol groups is 1. The molecule has 296 valence electrons. The van der Waals surface area contributed by atoms with Gasteiger partial charge in [-0.25, -0.2) is 0 Å². The van der Waals surface area contributed by atoms with Crippen molar-refractivity contribution < 1.29 is 0 Å². The second-order valence-corrected chi connectivity index (χ2v) is 13.2. The largest absolute Gasteiger partial charge is 0.399 e. The van der Waals surface area contributed by atoms with E-state index in [-0.39, 0.29) is 7.43 Å². The van der Waals surface area contributed by atoms with E-state index in [1.807, 2.05) is 30.3 Å². The van der Waals surface area contributed by atoms with Crippen molar-refractivity contribution in [1.82, 2.24) is 4.57 Å². The van der Waals surface area contributed by atoms with Crippen molar-refractivity contribution in [2.24, 2.45) is 12.8 Å². The van der Waals surface area contributed by atoms with E-state index in [1.165, 1.54) is 83.0 Å². The van der Waals surface area contributed by atoms with E-state index in [2.05, 4.69) is 194 Å². The molecule has 0 radical (unpaired) electrons. The van der Waals surface area contributed by atoms with Gasteiger partial charge in [0.25, 0.3) is 0 Å². The van der Waals surface area contributed by atoms with Crippen molar-refractivity contribution in [3.63, 3.8) is 0 Å². The van der Waals surface area contributed by atoms with E-state index in [9.17, 15) is 0 Å². The first-order chi connectivity index (χ1) is 27.5. The number of nitrogens with zero attached hydrogens (tertiary/aromatic N) is 2. The minimum absolute atomic E-state index is 0. The number of nitrogen functional groups attached to an aromatic ring is 1. The van der Waals surface area contributed by atoms with Crippen LogP contribution in [0.2, 0.25) is 0 Å². The van der Waals surface area contributed by atoms with Crippen LogP contribution in [0.4, 0.5) is 17.2 Å². The average Bonchev–Trinajstić information content (AvgIpc) is 3.58. The third kappa shape index (κ3) is 12.4. The molecule has 6 aromatic rings. The number of anilines is 3. The van der Waals surface area contributed by atoms with Crippen molar-refractivity contribution in [1.29, 1.82) is 0 Å². The topological polar surface area (TPSA) is 60.2 Å². The summed E-state index contributed by atoms with van der Waals surface area (Å²) in [5.41, 5.74) is 22.0. The molecule has 1 aliphatic heterocycles. The molecule has 0 saturated heterocycles. The molecule has 5 aromatic carbocycles. The van der Waals surface area contributed by atoms with Crippen LogP contribution in [0, 0.1) is 0 Å². The lowest BCUT2D eigenvalue weighted by molar-refractivity contribution is 0.911. The summed E-state index contributed by atoms with van der Waals surface area (Å²) in [5.74, 6) is 1.21. The minimum Gasteiger partial charge on any atom is -0.399 e. The number of rotatable bonds is 2. The Morgan fingerprint density at radius 3 is 1.70 bits per heavy atom. The summed E-state index contributed by atoms with van der Waals surface area (Å²) in [6.45, 7) is 4.46. The van der Waals surface area contributed by atoms with E-state index in [0.29, 0.717) is 0 Å². The van der Waals surface area contributed by atoms with Crippen molar-refractivity contribution in [2.45, 2.75) is 39.5 Å². The Morgan fingerprint density at radius 1 is 0.614 bits per heavy atom. The smallest absolute Gasteiger partial charge is 0.121 e. The predicted molar refractivity (Wildman–Crippen MR) is 258 cm³/mol. The van der Waals surface area contributed by atoms with Crippen LogP contribution < -0.4 is 16.4 Å². The van der Waals surface area contributed by atoms with Gasteiger partial charge in [-0.05, 0) is 91.9 Å². The maximum atomic E-state index is 5.36. The van der Waals surface area contributed by atoms with E-state index >= 15 is 0 Å². The van der Waals surface area contributed by atoms with E-state index in [0.717, 1.165) is 17.7 Å². The Balaban J connectivity index is 0.000000233. The van der Waals surface area contributed by atoms with Crippen molar-refractivity contribution >= 4 is 46.3 Å². The number of hydrogen-bond acceptors (Lipinski definition) is 4. The van der Waals surface area contributed by atoms with Gasteiger partial charge in [-0.1, -0.05) is 171 Å². The van der Waals surface area contributed by atoms with Gasteiger partial charge in [-0.2, -0.15) is 12.6 Å². The van der Waals surface area contributed by atoms with Gasteiger partial charge < -0.3 is 20.9 Å². The Morgan fingerprint density at radius 2 is 1.14 bits per heavy atom. The Kier molecular flexibility index (Phi) is 19.8. The number of aromatic nitrogens is 1. The predicted octanol–water partition coefficient (Wildman–Crippen LogP) is 13.4. The zero-order chi connectivity index (χ0) is 40.1. The zero-order valence-electron chi connectivity index (χ0n) is 33.5. The maximum Gasteiger partial charge on any atom is 0.121 e. The molecule has 0 fully saturated rings. The highest BCUT2D eigenvalue weighted by atomic mass is 32.1. The van der Waals surface area contributed by atoms with E-state index in [4.69, 9.17) is 5.73 Å². The van der Waals surface area contributed by atoms with Crippen LogP contribution in [0.15, 0.2) is 188 Å². The molecule has 3 aliphatic rings. The minimum atomic E-state index is 0. The molecule has 0 bridgehead atoms. The lowest BCUT2D eigenvalue weighted by atomic mass is 9.88. The Labute approximate surface area is 348 Å². The first kappa shape index (κ1) is 45.6. The fourth-order valence-corrected chi connectivity index (χ4v) is 6.94. The third-order valence-corrected chi connectivity index (χ3v) is 9.56. The number of benzene rings is 5. The molecule has 0 atom stereocenters. The number of aryl methyl sites for hydroxylation is 1. The van der Waals surface area contributed by atoms with Crippen LogP contribution in [0.3, 0.4) is 0 Å². The molecular formula is C52H62N4S. The van der Waals surface area contributed by atoms with E-state index < -0.39 is 0 Å². The molecule has 9 rings (SSSR count). The first-order valence-corrected chi connectivity index (χ1v) is 20.1. The number of nitrogens with two attached hydrogens (primary N) is 2. The number of hydrogen-bond donors (Lipinski definition) is 3. The van der Waals surface area contributed by atoms with Crippen LogP contribution in [0.1, 0.15) is 49.8 Å². The average molecular weight is 775 g/mol. The van der Waals surface area contributed by atoms with Crippen molar-refractivity contribution in [2.75, 3.05) is 31.0 Å². The lowest BCUT2D eigenvalue weighted by Crippen LogP contribution is -2.17. The number of fused-ring (bicyclic) bond motifs is 6. The summed E-state index contributed by atoms with van der Waals surface area (Å²) in [7, 11) is 5.80. The molecular weight excluding hydrogens is 713 g/mol. The summed E-state index contributed by atoms with van der Waals surface area (Å²) in [4.78, 5) is 2.30. The third-order valence-electron chi connectivity index (χ3n) is 9.56. The van der Waals surface area contributed by atoms with Crippen LogP contribution >= 0.6 is 12.6 Å². The summed E-state index contributed by atoms with van der Waals surface area (Å²) < 4.78 is 2.30. The summed E-state index contributed by atoms with van der Waals surface area (Å²) in [5, 5.41) is 1.27. The molecule has 57 heavy (non-hydrogen) atoms. The summed E-state index contributed by atoms with van der Waals surface area (Å²) >= 11 is 3.53. The van der Waals surface area contributed by atoms with Gasteiger partial charge in [0.05, 0.1) is 5.52 Å². The summed E-state index contributed by atoms with van der Waals surface area (Å²) in [6.07, 6.45) is 22.9. The SMILES string of the molecule is C.C1=CCCC(Cc2ccccc2)=C1.C1=CCCC=C1.C=C1c2ccccc2-c2c(n(C)c3ccccc23)N(C)c2ccccc21.CN.CS.Nc1ccccc1. The maximum absolute atomic E-state index is 5.36. The monoisotopic (exact) mass is 774 g/mol. The second kappa shape index (κ2) is 24.7. The van der Waals surface area contributed by atoms with Gasteiger partial charge >= 0.3 is 0 Å². The number of allylic oxidation sites excluding steroid dienone is 8. The standard InChI is InChI=1S/C24H20N2.C13H14.C6H7N.C6H8.CH5N.CH4S.CH4/c1-16-17-10-4-5-12-19(17)23-20-13-7-9-15-22(20)26(3)24(23)25(2)21-14-8-6-11-18(16)21;1-3-7-12(8-4-1)11-13-9-5-2-6-10-13;7-6-4-2-1-3-5-6;1-2-4-6-5-3-1;2*1-2;/h4-15H,1H2,2-3H3;1-5,7-9H,6,10-11H2;1-5H,7H2;1-4H,5-6H2;2H2,1H3;2H,1H3;1H4. The molecule has 0 unspecified atom stereocenters. The molecule has 0 amide bonds. The zero-order valence-corrected chi connectivity index (χ0v) is 34.4.